The van der Waals surface area contributed by atoms with Crippen LogP contribution in [0.3, 0.4) is 0 Å². The molecule has 1 aliphatic heterocycles. The van der Waals surface area contributed by atoms with Gasteiger partial charge in [0.25, 0.3) is 0 Å². The van der Waals surface area contributed by atoms with Crippen LogP contribution in [0.4, 0.5) is 5.69 Å². The van der Waals surface area contributed by atoms with Crippen LogP contribution in [0.5, 0.6) is 5.75 Å². The summed E-state index contributed by atoms with van der Waals surface area (Å²) in [5.74, 6) is 0.677. The SMILES string of the molecule is COc1ccncc1-c1ccc(N2C[C@@H](C)O[C@@H](C)C2)c(C=O)n1. The molecule has 1 fully saturated rings. The van der Waals surface area contributed by atoms with Gasteiger partial charge < -0.3 is 14.4 Å². The predicted octanol–water partition coefficient (Wildman–Crippen LogP) is 2.58. The van der Waals surface area contributed by atoms with Crippen molar-refractivity contribution in [3.8, 4) is 17.0 Å². The minimum atomic E-state index is 0.117. The Kier molecular flexibility index (Phi) is 4.76. The molecule has 0 spiro atoms. The normalized spacial score (nSPS) is 20.7. The quantitative estimate of drug-likeness (QED) is 0.804. The van der Waals surface area contributed by atoms with Crippen molar-refractivity contribution in [2.75, 3.05) is 25.1 Å². The molecule has 126 valence electrons. The van der Waals surface area contributed by atoms with Gasteiger partial charge in [-0.1, -0.05) is 0 Å². The second-order valence-corrected chi connectivity index (χ2v) is 5.96. The highest BCUT2D eigenvalue weighted by Gasteiger charge is 2.24. The number of ether oxygens (including phenoxy) is 2. The van der Waals surface area contributed by atoms with Crippen molar-refractivity contribution >= 4 is 12.0 Å². The second kappa shape index (κ2) is 6.97. The standard InChI is InChI=1S/C18H21N3O3/c1-12-9-21(10-13(2)24-12)17-5-4-15(20-16(17)11-22)14-8-19-7-6-18(14)23-3/h4-8,11-13H,9-10H2,1-3H3/t12-,13+. The van der Waals surface area contributed by atoms with E-state index >= 15 is 0 Å². The number of carbonyl (C=O) groups excluding carboxylic acids is 1. The topological polar surface area (TPSA) is 64.6 Å². The highest BCUT2D eigenvalue weighted by atomic mass is 16.5. The van der Waals surface area contributed by atoms with Crippen LogP contribution in [0.25, 0.3) is 11.3 Å². The van der Waals surface area contributed by atoms with Crippen LogP contribution >= 0.6 is 0 Å². The fourth-order valence-electron chi connectivity index (χ4n) is 3.10. The van der Waals surface area contributed by atoms with E-state index in [1.807, 2.05) is 26.0 Å². The fourth-order valence-corrected chi connectivity index (χ4v) is 3.10. The summed E-state index contributed by atoms with van der Waals surface area (Å²) >= 11 is 0. The van der Waals surface area contributed by atoms with E-state index in [0.29, 0.717) is 17.1 Å². The van der Waals surface area contributed by atoms with Crippen molar-refractivity contribution in [1.82, 2.24) is 9.97 Å². The average Bonchev–Trinajstić information content (AvgIpc) is 2.60. The molecule has 6 nitrogen and oxygen atoms in total. The summed E-state index contributed by atoms with van der Waals surface area (Å²) < 4.78 is 11.1. The minimum Gasteiger partial charge on any atom is -0.496 e. The Hall–Kier alpha value is -2.47. The molecule has 0 amide bonds. The summed E-state index contributed by atoms with van der Waals surface area (Å²) in [5.41, 5.74) is 2.68. The lowest BCUT2D eigenvalue weighted by Crippen LogP contribution is -2.45. The van der Waals surface area contributed by atoms with Crippen molar-refractivity contribution < 1.29 is 14.3 Å². The first-order valence-corrected chi connectivity index (χ1v) is 7.97. The van der Waals surface area contributed by atoms with Gasteiger partial charge in [-0.15, -0.1) is 0 Å². The van der Waals surface area contributed by atoms with Crippen molar-refractivity contribution in [3.63, 3.8) is 0 Å². The van der Waals surface area contributed by atoms with Crippen LogP contribution < -0.4 is 9.64 Å². The molecule has 2 atom stereocenters. The molecule has 3 heterocycles. The van der Waals surface area contributed by atoms with E-state index in [1.165, 1.54) is 0 Å². The molecule has 0 N–H and O–H groups in total. The number of aromatic nitrogens is 2. The molecule has 1 saturated heterocycles. The largest absolute Gasteiger partial charge is 0.496 e. The number of aldehydes is 1. The van der Waals surface area contributed by atoms with Gasteiger partial charge in [0.2, 0.25) is 0 Å². The van der Waals surface area contributed by atoms with Gasteiger partial charge in [0.15, 0.2) is 6.29 Å². The molecule has 24 heavy (non-hydrogen) atoms. The summed E-state index contributed by atoms with van der Waals surface area (Å²) in [6, 6.07) is 5.60. The van der Waals surface area contributed by atoms with E-state index in [-0.39, 0.29) is 12.2 Å². The Morgan fingerprint density at radius 1 is 1.25 bits per heavy atom. The van der Waals surface area contributed by atoms with Crippen LogP contribution in [0.2, 0.25) is 0 Å². The average molecular weight is 327 g/mol. The highest BCUT2D eigenvalue weighted by Crippen LogP contribution is 2.30. The lowest BCUT2D eigenvalue weighted by Gasteiger charge is -2.37. The molecular weight excluding hydrogens is 306 g/mol. The molecule has 2 aromatic rings. The lowest BCUT2D eigenvalue weighted by atomic mass is 10.1. The van der Waals surface area contributed by atoms with Crippen LogP contribution in [-0.4, -0.2) is 48.7 Å². The minimum absolute atomic E-state index is 0.117. The van der Waals surface area contributed by atoms with E-state index in [0.717, 1.165) is 30.6 Å². The first-order chi connectivity index (χ1) is 11.6. The second-order valence-electron chi connectivity index (χ2n) is 5.96. The Bertz CT molecular complexity index is 725. The maximum Gasteiger partial charge on any atom is 0.170 e. The fraction of sp³-hybridized carbons (Fsp3) is 0.389. The Morgan fingerprint density at radius 3 is 2.67 bits per heavy atom. The third-order valence-corrected chi connectivity index (χ3v) is 4.05. The number of morpholine rings is 1. The summed E-state index contributed by atoms with van der Waals surface area (Å²) in [4.78, 5) is 22.4. The van der Waals surface area contributed by atoms with E-state index < -0.39 is 0 Å². The van der Waals surface area contributed by atoms with Gasteiger partial charge >= 0.3 is 0 Å². The van der Waals surface area contributed by atoms with Gasteiger partial charge in [0.05, 0.1) is 36.3 Å². The summed E-state index contributed by atoms with van der Waals surface area (Å²) in [6.45, 7) is 5.54. The number of hydrogen-bond acceptors (Lipinski definition) is 6. The van der Waals surface area contributed by atoms with Crippen molar-refractivity contribution in [2.45, 2.75) is 26.1 Å². The maximum absolute atomic E-state index is 11.6. The number of anilines is 1. The van der Waals surface area contributed by atoms with Gasteiger partial charge in [-0.05, 0) is 32.0 Å². The number of rotatable bonds is 4. The number of nitrogens with zero attached hydrogens (tertiary/aromatic N) is 3. The summed E-state index contributed by atoms with van der Waals surface area (Å²) in [5, 5.41) is 0. The van der Waals surface area contributed by atoms with E-state index in [9.17, 15) is 4.79 Å². The van der Waals surface area contributed by atoms with Gasteiger partial charge in [0.1, 0.15) is 11.4 Å². The third-order valence-electron chi connectivity index (χ3n) is 4.05. The maximum atomic E-state index is 11.6. The summed E-state index contributed by atoms with van der Waals surface area (Å²) in [6.07, 6.45) is 4.38. The predicted molar refractivity (Wildman–Crippen MR) is 91.6 cm³/mol. The zero-order chi connectivity index (χ0) is 17.1. The number of methoxy groups -OCH3 is 1. The smallest absolute Gasteiger partial charge is 0.170 e. The lowest BCUT2D eigenvalue weighted by molar-refractivity contribution is -0.00527. The van der Waals surface area contributed by atoms with Gasteiger partial charge in [0, 0.05) is 25.5 Å². The molecule has 6 heteroatoms. The number of pyridine rings is 2. The first kappa shape index (κ1) is 16.4. The van der Waals surface area contributed by atoms with Gasteiger partial charge in [-0.2, -0.15) is 0 Å². The van der Waals surface area contributed by atoms with Gasteiger partial charge in [-0.25, -0.2) is 4.98 Å². The van der Waals surface area contributed by atoms with Crippen molar-refractivity contribution in [2.24, 2.45) is 0 Å². The van der Waals surface area contributed by atoms with Crippen molar-refractivity contribution in [1.29, 1.82) is 0 Å². The zero-order valence-electron chi connectivity index (χ0n) is 14.1. The van der Waals surface area contributed by atoms with E-state index in [4.69, 9.17) is 9.47 Å². The number of carbonyl (C=O) groups is 1. The monoisotopic (exact) mass is 327 g/mol. The Morgan fingerprint density at radius 2 is 2.00 bits per heavy atom. The van der Waals surface area contributed by atoms with Crippen LogP contribution in [0, 0.1) is 0 Å². The third kappa shape index (κ3) is 3.23. The van der Waals surface area contributed by atoms with Crippen LogP contribution in [0.1, 0.15) is 24.3 Å². The molecular formula is C18H21N3O3. The molecule has 0 radical (unpaired) electrons. The van der Waals surface area contributed by atoms with Crippen LogP contribution in [-0.2, 0) is 4.74 Å². The number of hydrogen-bond donors (Lipinski definition) is 0. The molecule has 0 aromatic carbocycles. The van der Waals surface area contributed by atoms with E-state index in [2.05, 4.69) is 14.9 Å². The van der Waals surface area contributed by atoms with Gasteiger partial charge in [-0.3, -0.25) is 9.78 Å². The zero-order valence-corrected chi connectivity index (χ0v) is 14.1. The Balaban J connectivity index is 1.98. The molecule has 0 saturated carbocycles. The molecule has 0 aliphatic carbocycles. The van der Waals surface area contributed by atoms with E-state index in [1.54, 1.807) is 25.6 Å². The van der Waals surface area contributed by atoms with Crippen molar-refractivity contribution in [3.05, 3.63) is 36.3 Å². The summed E-state index contributed by atoms with van der Waals surface area (Å²) in [7, 11) is 1.60. The molecule has 1 aliphatic rings. The first-order valence-electron chi connectivity index (χ1n) is 7.97. The highest BCUT2D eigenvalue weighted by molar-refractivity contribution is 5.84. The molecule has 3 rings (SSSR count). The van der Waals surface area contributed by atoms with Crippen LogP contribution in [0.15, 0.2) is 30.6 Å². The molecule has 2 aromatic heterocycles. The molecule has 0 unspecified atom stereocenters. The molecule has 0 bridgehead atoms. The Labute approximate surface area is 141 Å².